The van der Waals surface area contributed by atoms with Crippen molar-refractivity contribution in [2.45, 2.75) is 12.5 Å². The third kappa shape index (κ3) is 1.91. The van der Waals surface area contributed by atoms with Gasteiger partial charge in [0, 0.05) is 13.0 Å². The van der Waals surface area contributed by atoms with Gasteiger partial charge in [-0.3, -0.25) is 4.79 Å². The van der Waals surface area contributed by atoms with Crippen LogP contribution in [0, 0.1) is 5.82 Å². The fourth-order valence-electron chi connectivity index (χ4n) is 1.81. The van der Waals surface area contributed by atoms with Crippen LogP contribution in [0.4, 0.5) is 10.3 Å². The van der Waals surface area contributed by atoms with Crippen LogP contribution in [0.25, 0.3) is 5.65 Å². The third-order valence-electron chi connectivity index (χ3n) is 2.61. The Kier molecular flexibility index (Phi) is 2.17. The summed E-state index contributed by atoms with van der Waals surface area (Å²) in [5.74, 6) is 0.0427. The van der Waals surface area contributed by atoms with E-state index in [1.165, 1.54) is 16.8 Å². The van der Waals surface area contributed by atoms with Crippen LogP contribution in [0.1, 0.15) is 6.42 Å². The summed E-state index contributed by atoms with van der Waals surface area (Å²) in [7, 11) is 0. The van der Waals surface area contributed by atoms with Crippen molar-refractivity contribution in [3.8, 4) is 0 Å². The number of nitrogens with one attached hydrogen (secondary N) is 2. The Labute approximate surface area is 95.8 Å². The molecular weight excluding hydrogens is 225 g/mol. The van der Waals surface area contributed by atoms with Gasteiger partial charge in [-0.05, 0) is 12.1 Å². The molecule has 7 heteroatoms. The van der Waals surface area contributed by atoms with E-state index in [9.17, 15) is 9.18 Å². The summed E-state index contributed by atoms with van der Waals surface area (Å²) >= 11 is 0. The summed E-state index contributed by atoms with van der Waals surface area (Å²) < 4.78 is 14.3. The molecule has 0 bridgehead atoms. The number of halogens is 1. The van der Waals surface area contributed by atoms with E-state index >= 15 is 0 Å². The van der Waals surface area contributed by atoms with Gasteiger partial charge in [0.1, 0.15) is 5.82 Å². The highest BCUT2D eigenvalue weighted by atomic mass is 19.1. The van der Waals surface area contributed by atoms with Crippen molar-refractivity contribution in [1.29, 1.82) is 0 Å². The van der Waals surface area contributed by atoms with Gasteiger partial charge in [-0.2, -0.15) is 4.98 Å². The topological polar surface area (TPSA) is 71.3 Å². The first-order valence-electron chi connectivity index (χ1n) is 5.26. The highest BCUT2D eigenvalue weighted by Crippen LogP contribution is 2.10. The van der Waals surface area contributed by atoms with Gasteiger partial charge in [-0.1, -0.05) is 0 Å². The number of hydrogen-bond donors (Lipinski definition) is 2. The van der Waals surface area contributed by atoms with Crippen molar-refractivity contribution in [1.82, 2.24) is 19.9 Å². The summed E-state index contributed by atoms with van der Waals surface area (Å²) in [5, 5.41) is 9.82. The smallest absolute Gasteiger partial charge is 0.243 e. The first kappa shape index (κ1) is 10.0. The fraction of sp³-hybridized carbons (Fsp3) is 0.300. The molecule has 2 N–H and O–H groups in total. The molecule has 6 nitrogen and oxygen atoms in total. The zero-order valence-electron chi connectivity index (χ0n) is 8.85. The minimum atomic E-state index is -0.369. The normalized spacial score (nSPS) is 19.6. The van der Waals surface area contributed by atoms with E-state index in [0.29, 0.717) is 24.6 Å². The molecule has 1 atom stereocenters. The second-order valence-corrected chi connectivity index (χ2v) is 3.93. The molecule has 17 heavy (non-hydrogen) atoms. The Bertz CT molecular complexity index is 581. The van der Waals surface area contributed by atoms with E-state index < -0.39 is 0 Å². The number of nitrogens with zero attached hydrogens (tertiary/aromatic N) is 3. The largest absolute Gasteiger partial charge is 0.354 e. The van der Waals surface area contributed by atoms with Crippen LogP contribution in [0.2, 0.25) is 0 Å². The number of fused-ring (bicyclic) bond motifs is 1. The van der Waals surface area contributed by atoms with Crippen molar-refractivity contribution in [2.24, 2.45) is 0 Å². The minimum absolute atomic E-state index is 0.00948. The molecule has 0 spiro atoms. The maximum absolute atomic E-state index is 12.9. The minimum Gasteiger partial charge on any atom is -0.354 e. The zero-order chi connectivity index (χ0) is 11.8. The van der Waals surface area contributed by atoms with Crippen molar-refractivity contribution in [3.63, 3.8) is 0 Å². The molecule has 1 fully saturated rings. The highest BCUT2D eigenvalue weighted by molar-refractivity contribution is 5.79. The molecule has 0 aliphatic carbocycles. The molecule has 0 saturated carbocycles. The van der Waals surface area contributed by atoms with Crippen LogP contribution in [0.3, 0.4) is 0 Å². The van der Waals surface area contributed by atoms with Crippen molar-refractivity contribution >= 4 is 17.5 Å². The zero-order valence-corrected chi connectivity index (χ0v) is 8.85. The second-order valence-electron chi connectivity index (χ2n) is 3.93. The summed E-state index contributed by atoms with van der Waals surface area (Å²) in [6.45, 7) is 0.558. The molecule has 3 heterocycles. The summed E-state index contributed by atoms with van der Waals surface area (Å²) in [6.07, 6.45) is 1.66. The average Bonchev–Trinajstić information content (AvgIpc) is 2.84. The number of amides is 1. The molecule has 1 unspecified atom stereocenters. The molecule has 2 aromatic heterocycles. The Balaban J connectivity index is 1.83. The number of hydrogen-bond acceptors (Lipinski definition) is 4. The lowest BCUT2D eigenvalue weighted by Crippen LogP contribution is -2.22. The van der Waals surface area contributed by atoms with E-state index in [1.807, 2.05) is 0 Å². The Hall–Kier alpha value is -2.18. The summed E-state index contributed by atoms with van der Waals surface area (Å²) in [6, 6.07) is 2.87. The van der Waals surface area contributed by atoms with Gasteiger partial charge in [0.2, 0.25) is 11.9 Å². The number of carbonyl (C=O) groups excluding carboxylic acids is 1. The number of pyridine rings is 1. The van der Waals surface area contributed by atoms with E-state index in [2.05, 4.69) is 20.7 Å². The molecule has 1 saturated heterocycles. The van der Waals surface area contributed by atoms with Gasteiger partial charge in [0.25, 0.3) is 0 Å². The van der Waals surface area contributed by atoms with Gasteiger partial charge in [0.05, 0.1) is 12.2 Å². The van der Waals surface area contributed by atoms with Crippen molar-refractivity contribution in [2.75, 3.05) is 11.9 Å². The standard InChI is InChI=1S/C10H10FN5O/c11-6-1-2-8-14-10(15-16(8)5-6)13-7-3-9(17)12-4-7/h1-2,5,7H,3-4H2,(H,12,17)(H,13,15). The Morgan fingerprint density at radius 1 is 1.53 bits per heavy atom. The molecule has 1 aliphatic rings. The molecule has 0 aromatic carbocycles. The molecule has 88 valence electrons. The van der Waals surface area contributed by atoms with Crippen molar-refractivity contribution in [3.05, 3.63) is 24.1 Å². The van der Waals surface area contributed by atoms with Crippen LogP contribution in [0.15, 0.2) is 18.3 Å². The number of aromatic nitrogens is 3. The quantitative estimate of drug-likeness (QED) is 0.778. The molecular formula is C10H10FN5O. The molecule has 1 amide bonds. The van der Waals surface area contributed by atoms with Crippen LogP contribution >= 0.6 is 0 Å². The Morgan fingerprint density at radius 2 is 2.41 bits per heavy atom. The first-order valence-corrected chi connectivity index (χ1v) is 5.26. The monoisotopic (exact) mass is 235 g/mol. The van der Waals surface area contributed by atoms with E-state index in [4.69, 9.17) is 0 Å². The summed E-state index contributed by atoms with van der Waals surface area (Å²) in [4.78, 5) is 15.2. The number of rotatable bonds is 2. The van der Waals surface area contributed by atoms with E-state index in [0.717, 1.165) is 0 Å². The molecule has 0 radical (unpaired) electrons. The predicted molar refractivity (Wildman–Crippen MR) is 58.0 cm³/mol. The van der Waals surface area contributed by atoms with Gasteiger partial charge < -0.3 is 10.6 Å². The Morgan fingerprint density at radius 3 is 3.18 bits per heavy atom. The van der Waals surface area contributed by atoms with E-state index in [1.54, 1.807) is 6.07 Å². The fourth-order valence-corrected chi connectivity index (χ4v) is 1.81. The maximum Gasteiger partial charge on any atom is 0.243 e. The molecule has 2 aromatic rings. The predicted octanol–water partition coefficient (Wildman–Crippen LogP) is 0.169. The van der Waals surface area contributed by atoms with Crippen molar-refractivity contribution < 1.29 is 9.18 Å². The first-order chi connectivity index (χ1) is 8.20. The summed E-state index contributed by atoms with van der Waals surface area (Å²) in [5.41, 5.74) is 0.561. The van der Waals surface area contributed by atoms with Gasteiger partial charge in [-0.15, -0.1) is 5.10 Å². The van der Waals surface area contributed by atoms with Gasteiger partial charge >= 0.3 is 0 Å². The van der Waals surface area contributed by atoms with Crippen LogP contribution < -0.4 is 10.6 Å². The lowest BCUT2D eigenvalue weighted by molar-refractivity contribution is -0.119. The van der Waals surface area contributed by atoms with Crippen LogP contribution in [-0.2, 0) is 4.79 Å². The third-order valence-corrected chi connectivity index (χ3v) is 2.61. The lowest BCUT2D eigenvalue weighted by Gasteiger charge is -2.06. The number of anilines is 1. The molecule has 3 rings (SSSR count). The molecule has 1 aliphatic heterocycles. The lowest BCUT2D eigenvalue weighted by atomic mass is 10.3. The van der Waals surface area contributed by atoms with Crippen LogP contribution in [-0.4, -0.2) is 33.1 Å². The maximum atomic E-state index is 12.9. The number of carbonyl (C=O) groups is 1. The average molecular weight is 235 g/mol. The second kappa shape index (κ2) is 3.69. The van der Waals surface area contributed by atoms with Crippen LogP contribution in [0.5, 0.6) is 0 Å². The van der Waals surface area contributed by atoms with Gasteiger partial charge in [-0.25, -0.2) is 8.91 Å². The highest BCUT2D eigenvalue weighted by Gasteiger charge is 2.22. The van der Waals surface area contributed by atoms with Gasteiger partial charge in [0.15, 0.2) is 5.65 Å². The van der Waals surface area contributed by atoms with E-state index in [-0.39, 0.29) is 17.8 Å². The SMILES string of the molecule is O=C1CC(Nc2nc3ccc(F)cn3n2)CN1.